The van der Waals surface area contributed by atoms with Gasteiger partial charge >= 0.3 is 0 Å². The summed E-state index contributed by atoms with van der Waals surface area (Å²) in [5.41, 5.74) is 1.23. The molecule has 0 radical (unpaired) electrons. The Kier molecular flexibility index (Phi) is 7.21. The Balaban J connectivity index is 1.52. The van der Waals surface area contributed by atoms with Crippen molar-refractivity contribution < 1.29 is 4.79 Å². The van der Waals surface area contributed by atoms with Crippen molar-refractivity contribution in [2.75, 3.05) is 31.1 Å². The number of aromatic nitrogens is 2. The van der Waals surface area contributed by atoms with Gasteiger partial charge in [-0.05, 0) is 18.4 Å². The summed E-state index contributed by atoms with van der Waals surface area (Å²) >= 11 is 1.47. The minimum atomic E-state index is 0.190. The lowest BCUT2D eigenvalue weighted by atomic mass is 9.97. The minimum Gasteiger partial charge on any atom is -0.343 e. The van der Waals surface area contributed by atoms with Gasteiger partial charge in [-0.15, -0.1) is 0 Å². The fourth-order valence-corrected chi connectivity index (χ4v) is 4.29. The molecule has 1 amide bonds. The molecule has 1 atom stereocenters. The third-order valence-corrected chi connectivity index (χ3v) is 6.09. The number of carbonyl (C=O) groups excluding carboxylic acids is 1. The van der Waals surface area contributed by atoms with E-state index in [1.165, 1.54) is 17.1 Å². The number of carbonyl (C=O) groups is 1. The van der Waals surface area contributed by atoms with E-state index in [-0.39, 0.29) is 5.92 Å². The standard InChI is InChI=1S/C21H30N4OS/c1-3-5-11-18(4-2)20(26)24-12-14-25(15-13-24)21-22-19(23-27-21)16-17-9-7-6-8-10-17/h6-10,18H,3-5,11-16H2,1-2H3/t18-/m0/s1. The Morgan fingerprint density at radius 2 is 1.89 bits per heavy atom. The van der Waals surface area contributed by atoms with Crippen LogP contribution in [-0.4, -0.2) is 46.3 Å². The van der Waals surface area contributed by atoms with Gasteiger partial charge in [-0.2, -0.15) is 4.37 Å². The molecule has 2 heterocycles. The van der Waals surface area contributed by atoms with Crippen LogP contribution in [0.25, 0.3) is 0 Å². The Labute approximate surface area is 166 Å². The lowest BCUT2D eigenvalue weighted by Crippen LogP contribution is -2.50. The van der Waals surface area contributed by atoms with Crippen molar-refractivity contribution in [2.24, 2.45) is 5.92 Å². The van der Waals surface area contributed by atoms with Gasteiger partial charge in [0.15, 0.2) is 0 Å². The number of rotatable bonds is 8. The quantitative estimate of drug-likeness (QED) is 0.688. The van der Waals surface area contributed by atoms with E-state index in [0.29, 0.717) is 5.91 Å². The number of unbranched alkanes of at least 4 members (excludes halogenated alkanes) is 1. The number of anilines is 1. The molecule has 0 N–H and O–H groups in total. The average molecular weight is 387 g/mol. The van der Waals surface area contributed by atoms with Gasteiger partial charge in [0.05, 0.1) is 0 Å². The highest BCUT2D eigenvalue weighted by Crippen LogP contribution is 2.22. The van der Waals surface area contributed by atoms with Crippen LogP contribution in [-0.2, 0) is 11.2 Å². The number of benzene rings is 1. The molecule has 1 aliphatic heterocycles. The fourth-order valence-electron chi connectivity index (χ4n) is 3.55. The first-order valence-corrected chi connectivity index (χ1v) is 10.9. The molecule has 0 spiro atoms. The van der Waals surface area contributed by atoms with Crippen molar-refractivity contribution in [3.05, 3.63) is 41.7 Å². The van der Waals surface area contributed by atoms with Gasteiger partial charge in [0.1, 0.15) is 5.82 Å². The van der Waals surface area contributed by atoms with Gasteiger partial charge in [0.2, 0.25) is 11.0 Å². The van der Waals surface area contributed by atoms with Crippen molar-refractivity contribution in [1.29, 1.82) is 0 Å². The highest BCUT2D eigenvalue weighted by molar-refractivity contribution is 7.09. The Morgan fingerprint density at radius 3 is 2.56 bits per heavy atom. The van der Waals surface area contributed by atoms with Gasteiger partial charge in [-0.3, -0.25) is 4.79 Å². The molecule has 3 rings (SSSR count). The molecule has 146 valence electrons. The highest BCUT2D eigenvalue weighted by Gasteiger charge is 2.27. The maximum Gasteiger partial charge on any atom is 0.225 e. The third kappa shape index (κ3) is 5.28. The van der Waals surface area contributed by atoms with Crippen molar-refractivity contribution >= 4 is 22.6 Å². The SMILES string of the molecule is CCCC[C@H](CC)C(=O)N1CCN(c2nc(Cc3ccccc3)ns2)CC1. The fraction of sp³-hybridized carbons (Fsp3) is 0.571. The van der Waals surface area contributed by atoms with Gasteiger partial charge in [0, 0.05) is 50.1 Å². The largest absolute Gasteiger partial charge is 0.343 e. The number of nitrogens with zero attached hydrogens (tertiary/aromatic N) is 4. The second kappa shape index (κ2) is 9.83. The van der Waals surface area contributed by atoms with E-state index >= 15 is 0 Å². The molecule has 1 fully saturated rings. The zero-order valence-corrected chi connectivity index (χ0v) is 17.2. The van der Waals surface area contributed by atoms with E-state index in [0.717, 1.165) is 69.2 Å². The van der Waals surface area contributed by atoms with Crippen LogP contribution in [0, 0.1) is 5.92 Å². The topological polar surface area (TPSA) is 49.3 Å². The van der Waals surface area contributed by atoms with E-state index in [1.807, 2.05) is 23.1 Å². The van der Waals surface area contributed by atoms with E-state index < -0.39 is 0 Å². The van der Waals surface area contributed by atoms with E-state index in [1.54, 1.807) is 0 Å². The highest BCUT2D eigenvalue weighted by atomic mass is 32.1. The lowest BCUT2D eigenvalue weighted by Gasteiger charge is -2.36. The van der Waals surface area contributed by atoms with Gasteiger partial charge in [-0.25, -0.2) is 4.98 Å². The molecule has 2 aromatic rings. The summed E-state index contributed by atoms with van der Waals surface area (Å²) in [4.78, 5) is 21.8. The van der Waals surface area contributed by atoms with Crippen molar-refractivity contribution in [3.63, 3.8) is 0 Å². The lowest BCUT2D eigenvalue weighted by molar-refractivity contribution is -0.136. The van der Waals surface area contributed by atoms with Crippen LogP contribution in [0.15, 0.2) is 30.3 Å². The summed E-state index contributed by atoms with van der Waals surface area (Å²) < 4.78 is 4.52. The Hall–Kier alpha value is -1.95. The van der Waals surface area contributed by atoms with Gasteiger partial charge in [0.25, 0.3) is 0 Å². The molecule has 0 aliphatic carbocycles. The molecule has 0 bridgehead atoms. The first-order valence-electron chi connectivity index (χ1n) is 10.1. The maximum atomic E-state index is 12.8. The van der Waals surface area contributed by atoms with E-state index in [2.05, 4.69) is 35.3 Å². The van der Waals surface area contributed by atoms with E-state index in [9.17, 15) is 4.79 Å². The van der Waals surface area contributed by atoms with Crippen LogP contribution in [0.4, 0.5) is 5.13 Å². The van der Waals surface area contributed by atoms with Crippen LogP contribution >= 0.6 is 11.5 Å². The molecular weight excluding hydrogens is 356 g/mol. The van der Waals surface area contributed by atoms with Crippen molar-refractivity contribution in [1.82, 2.24) is 14.3 Å². The second-order valence-corrected chi connectivity index (χ2v) is 7.95. The molecule has 1 aromatic heterocycles. The monoisotopic (exact) mass is 386 g/mol. The third-order valence-electron chi connectivity index (χ3n) is 5.27. The molecule has 5 nitrogen and oxygen atoms in total. The summed E-state index contributed by atoms with van der Waals surface area (Å²) in [7, 11) is 0. The normalized spacial score (nSPS) is 15.8. The molecule has 6 heteroatoms. The average Bonchev–Trinajstić information content (AvgIpc) is 3.18. The molecule has 1 saturated heterocycles. The molecule has 0 saturated carbocycles. The molecule has 27 heavy (non-hydrogen) atoms. The van der Waals surface area contributed by atoms with E-state index in [4.69, 9.17) is 4.98 Å². The summed E-state index contributed by atoms with van der Waals surface area (Å²) in [5.74, 6) is 1.41. The molecule has 1 aromatic carbocycles. The van der Waals surface area contributed by atoms with Crippen LogP contribution in [0.3, 0.4) is 0 Å². The number of hydrogen-bond donors (Lipinski definition) is 0. The Morgan fingerprint density at radius 1 is 1.15 bits per heavy atom. The number of amides is 1. The van der Waals surface area contributed by atoms with Crippen LogP contribution in [0.5, 0.6) is 0 Å². The molecule has 0 unspecified atom stereocenters. The first-order chi connectivity index (χ1) is 13.2. The van der Waals surface area contributed by atoms with Crippen LogP contribution < -0.4 is 4.90 Å². The molecular formula is C21H30N4OS. The number of piperazine rings is 1. The summed E-state index contributed by atoms with van der Waals surface area (Å²) in [5, 5.41) is 0.978. The molecule has 1 aliphatic rings. The van der Waals surface area contributed by atoms with Gasteiger partial charge in [-0.1, -0.05) is 57.0 Å². The predicted molar refractivity (Wildman–Crippen MR) is 111 cm³/mol. The van der Waals surface area contributed by atoms with Gasteiger partial charge < -0.3 is 9.80 Å². The summed E-state index contributed by atoms with van der Waals surface area (Å²) in [6.07, 6.45) is 5.02. The minimum absolute atomic E-state index is 0.190. The predicted octanol–water partition coefficient (Wildman–Crippen LogP) is 3.99. The number of hydrogen-bond acceptors (Lipinski definition) is 5. The summed E-state index contributed by atoms with van der Waals surface area (Å²) in [6, 6.07) is 10.3. The zero-order valence-electron chi connectivity index (χ0n) is 16.4. The smallest absolute Gasteiger partial charge is 0.225 e. The van der Waals surface area contributed by atoms with Crippen molar-refractivity contribution in [3.8, 4) is 0 Å². The maximum absolute atomic E-state index is 12.8. The van der Waals surface area contributed by atoms with Crippen LogP contribution in [0.2, 0.25) is 0 Å². The van der Waals surface area contributed by atoms with Crippen LogP contribution in [0.1, 0.15) is 50.9 Å². The first kappa shape index (κ1) is 19.8. The van der Waals surface area contributed by atoms with Crippen molar-refractivity contribution in [2.45, 2.75) is 46.0 Å². The summed E-state index contributed by atoms with van der Waals surface area (Å²) in [6.45, 7) is 7.57. The second-order valence-electron chi connectivity index (χ2n) is 7.22. The Bertz CT molecular complexity index is 710. The zero-order chi connectivity index (χ0) is 19.1.